The second kappa shape index (κ2) is 11.7. The molecule has 1 aliphatic rings. The largest absolute Gasteiger partial charge is 0.502 e. The fraction of sp³-hybridized carbons (Fsp3) is 0.355. The molecule has 0 unspecified atom stereocenters. The molecule has 1 amide bonds. The summed E-state index contributed by atoms with van der Waals surface area (Å²) < 4.78 is 21.1. The van der Waals surface area contributed by atoms with Crippen LogP contribution in [0.5, 0.6) is 5.75 Å². The first-order valence-corrected chi connectivity index (χ1v) is 13.7. The van der Waals surface area contributed by atoms with Gasteiger partial charge < -0.3 is 14.8 Å². The summed E-state index contributed by atoms with van der Waals surface area (Å²) in [6.07, 6.45) is 1.01. The molecular weight excluding hydrogens is 527 g/mol. The second-order valence-corrected chi connectivity index (χ2v) is 10.7. The summed E-state index contributed by atoms with van der Waals surface area (Å²) in [6, 6.07) is 15.2. The van der Waals surface area contributed by atoms with Crippen molar-refractivity contribution in [1.29, 1.82) is 0 Å². The number of piperidine rings is 1. The van der Waals surface area contributed by atoms with Gasteiger partial charge in [-0.3, -0.25) is 23.9 Å². The molecule has 1 saturated heterocycles. The first kappa shape index (κ1) is 28.2. The van der Waals surface area contributed by atoms with Crippen LogP contribution >= 0.6 is 0 Å². The molecule has 0 saturated carbocycles. The summed E-state index contributed by atoms with van der Waals surface area (Å²) in [7, 11) is 0. The Morgan fingerprint density at radius 2 is 1.83 bits per heavy atom. The highest BCUT2D eigenvalue weighted by Crippen LogP contribution is 2.42. The molecule has 10 heteroatoms. The molecule has 0 bridgehead atoms. The van der Waals surface area contributed by atoms with E-state index in [2.05, 4.69) is 27.3 Å². The standard InChI is InChI=1S/C31H33FN4O5/c1-20-16-26(37)28(39)29(41-20)31(10-13-35(14-11-31)19-22-6-4-3-5-7-22)18-27(38)33-12-15-36-21(2)34-25-9-8-23(32)17-24(25)30(36)40/h3-9,16-17,39H,10-15,18-19H2,1-2H3,(H,33,38). The third-order valence-electron chi connectivity index (χ3n) is 7.85. The van der Waals surface area contributed by atoms with Crippen molar-refractivity contribution in [3.8, 4) is 5.75 Å². The molecule has 9 nitrogen and oxygen atoms in total. The van der Waals surface area contributed by atoms with Crippen molar-refractivity contribution in [1.82, 2.24) is 19.8 Å². The van der Waals surface area contributed by atoms with Gasteiger partial charge in [-0.15, -0.1) is 0 Å². The van der Waals surface area contributed by atoms with E-state index in [4.69, 9.17) is 4.42 Å². The summed E-state index contributed by atoms with van der Waals surface area (Å²) in [5.41, 5.74) is -0.199. The van der Waals surface area contributed by atoms with E-state index in [0.717, 1.165) is 12.6 Å². The minimum atomic E-state index is -0.874. The van der Waals surface area contributed by atoms with Crippen LogP contribution < -0.4 is 16.3 Å². The molecule has 3 heterocycles. The summed E-state index contributed by atoms with van der Waals surface area (Å²) in [5, 5.41) is 13.8. The summed E-state index contributed by atoms with van der Waals surface area (Å²) >= 11 is 0. The van der Waals surface area contributed by atoms with Gasteiger partial charge in [-0.05, 0) is 63.5 Å². The number of halogens is 1. The third-order valence-corrected chi connectivity index (χ3v) is 7.85. The normalized spacial score (nSPS) is 15.2. The summed E-state index contributed by atoms with van der Waals surface area (Å²) in [6.45, 7) is 5.67. The number of hydrogen-bond donors (Lipinski definition) is 2. The van der Waals surface area contributed by atoms with Gasteiger partial charge in [0.05, 0.1) is 10.9 Å². The molecule has 0 spiro atoms. The van der Waals surface area contributed by atoms with Crippen LogP contribution in [0, 0.1) is 19.7 Å². The Morgan fingerprint density at radius 1 is 1.10 bits per heavy atom. The zero-order valence-electron chi connectivity index (χ0n) is 23.2. The SMILES string of the molecule is Cc1cc(=O)c(O)c(C2(CC(=O)NCCn3c(C)nc4ccc(F)cc4c3=O)CCN(Cc3ccccc3)CC2)o1. The fourth-order valence-corrected chi connectivity index (χ4v) is 5.67. The number of carbonyl (C=O) groups is 1. The van der Waals surface area contributed by atoms with E-state index in [0.29, 0.717) is 43.0 Å². The van der Waals surface area contributed by atoms with E-state index >= 15 is 0 Å². The van der Waals surface area contributed by atoms with E-state index in [1.165, 1.54) is 28.3 Å². The second-order valence-electron chi connectivity index (χ2n) is 10.7. The van der Waals surface area contributed by atoms with Crippen molar-refractivity contribution in [2.45, 2.75) is 51.6 Å². The van der Waals surface area contributed by atoms with Gasteiger partial charge in [-0.1, -0.05) is 30.3 Å². The quantitative estimate of drug-likeness (QED) is 0.338. The molecule has 0 radical (unpaired) electrons. The van der Waals surface area contributed by atoms with Gasteiger partial charge in [0.25, 0.3) is 5.56 Å². The predicted molar refractivity (Wildman–Crippen MR) is 152 cm³/mol. The lowest BCUT2D eigenvalue weighted by atomic mass is 9.72. The zero-order chi connectivity index (χ0) is 29.1. The third kappa shape index (κ3) is 6.07. The molecule has 0 aliphatic carbocycles. The minimum Gasteiger partial charge on any atom is -0.502 e. The Morgan fingerprint density at radius 3 is 2.56 bits per heavy atom. The monoisotopic (exact) mass is 560 g/mol. The lowest BCUT2D eigenvalue weighted by Crippen LogP contribution is -2.45. The van der Waals surface area contributed by atoms with Gasteiger partial charge in [-0.25, -0.2) is 9.37 Å². The highest BCUT2D eigenvalue weighted by atomic mass is 19.1. The topological polar surface area (TPSA) is 118 Å². The zero-order valence-corrected chi connectivity index (χ0v) is 23.2. The molecule has 1 fully saturated rings. The van der Waals surface area contributed by atoms with Crippen molar-refractivity contribution in [3.63, 3.8) is 0 Å². The Kier molecular flexibility index (Phi) is 8.03. The van der Waals surface area contributed by atoms with Crippen LogP contribution in [0.3, 0.4) is 0 Å². The van der Waals surface area contributed by atoms with Crippen LogP contribution in [0.15, 0.2) is 68.6 Å². The maximum Gasteiger partial charge on any atom is 0.261 e. The number of fused-ring (bicyclic) bond motifs is 1. The van der Waals surface area contributed by atoms with Crippen molar-refractivity contribution in [2.75, 3.05) is 19.6 Å². The van der Waals surface area contributed by atoms with Gasteiger partial charge in [0, 0.05) is 37.5 Å². The van der Waals surface area contributed by atoms with Crippen LogP contribution in [0.2, 0.25) is 0 Å². The minimum absolute atomic E-state index is 0.00118. The van der Waals surface area contributed by atoms with Gasteiger partial charge in [-0.2, -0.15) is 0 Å². The number of rotatable bonds is 8. The molecule has 2 aromatic heterocycles. The number of carbonyl (C=O) groups excluding carboxylic acids is 1. The van der Waals surface area contributed by atoms with Gasteiger partial charge >= 0.3 is 0 Å². The van der Waals surface area contributed by atoms with Crippen LogP contribution in [0.1, 0.15) is 42.2 Å². The number of aromatic nitrogens is 2. The molecule has 1 aliphatic heterocycles. The van der Waals surface area contributed by atoms with Crippen LogP contribution in [0.4, 0.5) is 4.39 Å². The van der Waals surface area contributed by atoms with Crippen molar-refractivity contribution in [2.24, 2.45) is 0 Å². The number of benzene rings is 2. The van der Waals surface area contributed by atoms with E-state index in [-0.39, 0.29) is 42.1 Å². The average molecular weight is 561 g/mol. The van der Waals surface area contributed by atoms with E-state index in [1.807, 2.05) is 18.2 Å². The molecule has 0 atom stereocenters. The first-order chi connectivity index (χ1) is 19.6. The van der Waals surface area contributed by atoms with Crippen LogP contribution in [-0.2, 0) is 23.3 Å². The van der Waals surface area contributed by atoms with Crippen LogP contribution in [0.25, 0.3) is 10.9 Å². The maximum atomic E-state index is 13.7. The Balaban J connectivity index is 1.32. The lowest BCUT2D eigenvalue weighted by molar-refractivity contribution is -0.123. The molecule has 2 aromatic carbocycles. The summed E-state index contributed by atoms with van der Waals surface area (Å²) in [4.78, 5) is 45.4. The summed E-state index contributed by atoms with van der Waals surface area (Å²) in [5.74, 6) is -0.315. The Bertz CT molecular complexity index is 1690. The molecular formula is C31H33FN4O5. The van der Waals surface area contributed by atoms with Crippen molar-refractivity contribution >= 4 is 16.8 Å². The number of aromatic hydroxyl groups is 1. The highest BCUT2D eigenvalue weighted by Gasteiger charge is 2.43. The Labute approximate surface area is 236 Å². The molecule has 2 N–H and O–H groups in total. The van der Waals surface area contributed by atoms with Gasteiger partial charge in [0.1, 0.15) is 17.4 Å². The molecule has 41 heavy (non-hydrogen) atoms. The number of nitrogens with zero attached hydrogens (tertiary/aromatic N) is 3. The lowest BCUT2D eigenvalue weighted by Gasteiger charge is -2.41. The smallest absolute Gasteiger partial charge is 0.261 e. The van der Waals surface area contributed by atoms with E-state index in [9.17, 15) is 23.9 Å². The number of hydrogen-bond acceptors (Lipinski definition) is 7. The number of amides is 1. The maximum absolute atomic E-state index is 13.7. The first-order valence-electron chi connectivity index (χ1n) is 13.7. The molecule has 5 rings (SSSR count). The highest BCUT2D eigenvalue weighted by molar-refractivity contribution is 5.78. The van der Waals surface area contributed by atoms with E-state index in [1.54, 1.807) is 13.8 Å². The van der Waals surface area contributed by atoms with Crippen molar-refractivity contribution in [3.05, 3.63) is 104 Å². The van der Waals surface area contributed by atoms with Gasteiger partial charge in [0.2, 0.25) is 17.1 Å². The molecule has 4 aromatic rings. The number of aryl methyl sites for hydroxylation is 2. The van der Waals surface area contributed by atoms with Gasteiger partial charge in [0.15, 0.2) is 5.76 Å². The average Bonchev–Trinajstić information content (AvgIpc) is 2.95. The van der Waals surface area contributed by atoms with Crippen molar-refractivity contribution < 1.29 is 18.7 Å². The predicted octanol–water partition coefficient (Wildman–Crippen LogP) is 3.55. The van der Waals surface area contributed by atoms with E-state index < -0.39 is 22.4 Å². The fourth-order valence-electron chi connectivity index (χ4n) is 5.67. The molecule has 214 valence electrons. The number of nitrogens with one attached hydrogen (secondary N) is 1. The number of likely N-dealkylation sites (tertiary alicyclic amines) is 1. The van der Waals surface area contributed by atoms with Crippen LogP contribution in [-0.4, -0.2) is 45.1 Å². The Hall–Kier alpha value is -4.31.